The number of hydrogen-bond acceptors (Lipinski definition) is 6. The van der Waals surface area contributed by atoms with E-state index in [1.54, 1.807) is 0 Å². The highest BCUT2D eigenvalue weighted by Gasteiger charge is 2.48. The number of nitrogens with zero attached hydrogens (tertiary/aromatic N) is 2. The Bertz CT molecular complexity index is 1300. The third-order valence-electron chi connectivity index (χ3n) is 5.44. The molecule has 0 spiro atoms. The molecule has 0 atom stereocenters. The van der Waals surface area contributed by atoms with Gasteiger partial charge >= 0.3 is 0 Å². The van der Waals surface area contributed by atoms with E-state index in [0.717, 1.165) is 9.21 Å². The zero-order valence-corrected chi connectivity index (χ0v) is 16.5. The Morgan fingerprint density at radius 1 is 0.933 bits per heavy atom. The molecule has 0 unspecified atom stereocenters. The molecule has 2 heterocycles. The number of imide groups is 1. The van der Waals surface area contributed by atoms with Crippen molar-refractivity contribution in [1.82, 2.24) is 9.21 Å². The van der Waals surface area contributed by atoms with Crippen LogP contribution in [0.25, 0.3) is 0 Å². The lowest BCUT2D eigenvalue weighted by Gasteiger charge is -2.13. The van der Waals surface area contributed by atoms with Crippen LogP contribution in [-0.4, -0.2) is 54.3 Å². The molecule has 9 nitrogen and oxygen atoms in total. The molecular weight excluding hydrogens is 410 g/mol. The highest BCUT2D eigenvalue weighted by molar-refractivity contribution is 7.90. The fourth-order valence-corrected chi connectivity index (χ4v) is 5.54. The number of amides is 4. The molecule has 1 fully saturated rings. The van der Waals surface area contributed by atoms with Gasteiger partial charge in [-0.1, -0.05) is 0 Å². The average Bonchev–Trinajstić information content (AvgIpc) is 3.49. The molecule has 2 aromatic carbocycles. The minimum atomic E-state index is -3.97. The molecule has 0 radical (unpaired) electrons. The van der Waals surface area contributed by atoms with Crippen LogP contribution in [-0.2, 0) is 10.0 Å². The fourth-order valence-electron chi connectivity index (χ4n) is 3.70. The monoisotopic (exact) mass is 425 g/mol. The first-order chi connectivity index (χ1) is 14.2. The van der Waals surface area contributed by atoms with Gasteiger partial charge < -0.3 is 5.32 Å². The van der Waals surface area contributed by atoms with Crippen LogP contribution in [0.5, 0.6) is 0 Å². The average molecular weight is 425 g/mol. The van der Waals surface area contributed by atoms with E-state index in [1.165, 1.54) is 43.4 Å². The van der Waals surface area contributed by atoms with E-state index in [0.29, 0.717) is 12.8 Å². The number of carbonyl (C=O) groups is 4. The van der Waals surface area contributed by atoms with Crippen molar-refractivity contribution in [3.8, 4) is 0 Å². The maximum absolute atomic E-state index is 12.7. The number of rotatable bonds is 3. The van der Waals surface area contributed by atoms with Gasteiger partial charge in [0, 0.05) is 24.3 Å². The molecule has 152 valence electrons. The summed E-state index contributed by atoms with van der Waals surface area (Å²) in [6.07, 6.45) is 1.28. The van der Waals surface area contributed by atoms with Gasteiger partial charge in [-0.05, 0) is 49.2 Å². The predicted octanol–water partition coefficient (Wildman–Crippen LogP) is 1.47. The number of benzene rings is 2. The van der Waals surface area contributed by atoms with Crippen molar-refractivity contribution < 1.29 is 27.6 Å². The molecule has 1 saturated carbocycles. The van der Waals surface area contributed by atoms with Gasteiger partial charge in [0.2, 0.25) is 0 Å². The standard InChI is InChI=1S/C20H15N3O6S/c1-22-18(25)13-7-3-11(9-15(13)19(22)26)21-17(24)10-2-6-14-16(8-10)30(28,29)23(20(14)27)12-4-5-12/h2-3,6-9,12H,4-5H2,1H3,(H,21,24). The first-order valence-electron chi connectivity index (χ1n) is 9.21. The van der Waals surface area contributed by atoms with E-state index in [4.69, 9.17) is 0 Å². The Morgan fingerprint density at radius 2 is 1.60 bits per heavy atom. The highest BCUT2D eigenvalue weighted by atomic mass is 32.2. The molecule has 1 aliphatic carbocycles. The minimum absolute atomic E-state index is 0.0581. The van der Waals surface area contributed by atoms with Crippen LogP contribution in [0.1, 0.15) is 54.3 Å². The van der Waals surface area contributed by atoms with Crippen molar-refractivity contribution in [1.29, 1.82) is 0 Å². The second-order valence-electron chi connectivity index (χ2n) is 7.43. The van der Waals surface area contributed by atoms with Gasteiger partial charge in [-0.25, -0.2) is 12.7 Å². The van der Waals surface area contributed by atoms with Gasteiger partial charge in [0.1, 0.15) is 4.90 Å². The molecule has 0 aromatic heterocycles. The van der Waals surface area contributed by atoms with Gasteiger partial charge in [-0.3, -0.25) is 24.1 Å². The number of nitrogens with one attached hydrogen (secondary N) is 1. The van der Waals surface area contributed by atoms with E-state index in [2.05, 4.69) is 5.32 Å². The Kier molecular flexibility index (Phi) is 3.69. The molecule has 2 aliphatic heterocycles. The maximum atomic E-state index is 12.7. The summed E-state index contributed by atoms with van der Waals surface area (Å²) in [5, 5.41) is 2.60. The first kappa shape index (κ1) is 18.5. The van der Waals surface area contributed by atoms with Crippen molar-refractivity contribution in [3.05, 3.63) is 58.7 Å². The van der Waals surface area contributed by atoms with Gasteiger partial charge in [0.25, 0.3) is 33.7 Å². The van der Waals surface area contributed by atoms with E-state index >= 15 is 0 Å². The molecule has 0 saturated heterocycles. The number of carbonyl (C=O) groups excluding carboxylic acids is 4. The van der Waals surface area contributed by atoms with Crippen molar-refractivity contribution in [2.45, 2.75) is 23.8 Å². The van der Waals surface area contributed by atoms with Crippen molar-refractivity contribution in [2.75, 3.05) is 12.4 Å². The predicted molar refractivity (Wildman–Crippen MR) is 104 cm³/mol. The summed E-state index contributed by atoms with van der Waals surface area (Å²) in [5.74, 6) is -2.05. The number of hydrogen-bond donors (Lipinski definition) is 1. The van der Waals surface area contributed by atoms with Crippen LogP contribution >= 0.6 is 0 Å². The summed E-state index contributed by atoms with van der Waals surface area (Å²) in [6, 6.07) is 7.95. The Balaban J connectivity index is 1.44. The third-order valence-corrected chi connectivity index (χ3v) is 7.31. The molecule has 1 N–H and O–H groups in total. The lowest BCUT2D eigenvalue weighted by molar-refractivity contribution is 0.0692. The second kappa shape index (κ2) is 5.99. The lowest BCUT2D eigenvalue weighted by atomic mass is 10.1. The highest BCUT2D eigenvalue weighted by Crippen LogP contribution is 2.39. The van der Waals surface area contributed by atoms with Crippen LogP contribution in [0.15, 0.2) is 41.3 Å². The lowest BCUT2D eigenvalue weighted by Crippen LogP contribution is -2.31. The summed E-state index contributed by atoms with van der Waals surface area (Å²) < 4.78 is 26.4. The number of anilines is 1. The fraction of sp³-hybridized carbons (Fsp3) is 0.200. The molecule has 3 aliphatic rings. The normalized spacial score (nSPS) is 19.2. The van der Waals surface area contributed by atoms with E-state index in [1.807, 2.05) is 0 Å². The summed E-state index contributed by atoms with van der Waals surface area (Å²) in [5.41, 5.74) is 0.838. The van der Waals surface area contributed by atoms with Gasteiger partial charge in [-0.15, -0.1) is 0 Å². The molecule has 2 aromatic rings. The third kappa shape index (κ3) is 2.50. The van der Waals surface area contributed by atoms with E-state index in [-0.39, 0.29) is 38.9 Å². The van der Waals surface area contributed by atoms with Gasteiger partial charge in [-0.2, -0.15) is 0 Å². The van der Waals surface area contributed by atoms with Crippen LogP contribution in [0, 0.1) is 0 Å². The summed E-state index contributed by atoms with van der Waals surface area (Å²) in [6.45, 7) is 0. The Labute approximate surface area is 171 Å². The topological polar surface area (TPSA) is 121 Å². The zero-order valence-electron chi connectivity index (χ0n) is 15.7. The number of fused-ring (bicyclic) bond motifs is 2. The largest absolute Gasteiger partial charge is 0.322 e. The maximum Gasteiger partial charge on any atom is 0.269 e. The van der Waals surface area contributed by atoms with Crippen LogP contribution in [0.4, 0.5) is 5.69 Å². The first-order valence-corrected chi connectivity index (χ1v) is 10.6. The van der Waals surface area contributed by atoms with Gasteiger partial charge in [0.15, 0.2) is 0 Å². The molecule has 0 bridgehead atoms. The quantitative estimate of drug-likeness (QED) is 0.744. The summed E-state index contributed by atoms with van der Waals surface area (Å²) in [7, 11) is -2.60. The molecule has 10 heteroatoms. The second-order valence-corrected chi connectivity index (χ2v) is 9.22. The Hall–Kier alpha value is -3.53. The Morgan fingerprint density at radius 3 is 2.30 bits per heavy atom. The smallest absolute Gasteiger partial charge is 0.269 e. The molecule has 30 heavy (non-hydrogen) atoms. The van der Waals surface area contributed by atoms with E-state index in [9.17, 15) is 27.6 Å². The summed E-state index contributed by atoms with van der Waals surface area (Å²) in [4.78, 5) is 50.0. The molecule has 4 amide bonds. The number of sulfonamides is 1. The minimum Gasteiger partial charge on any atom is -0.322 e. The van der Waals surface area contributed by atoms with Crippen LogP contribution in [0.2, 0.25) is 0 Å². The van der Waals surface area contributed by atoms with Crippen LogP contribution in [0.3, 0.4) is 0 Å². The summed E-state index contributed by atoms with van der Waals surface area (Å²) >= 11 is 0. The zero-order chi connectivity index (χ0) is 21.4. The van der Waals surface area contributed by atoms with Crippen LogP contribution < -0.4 is 5.32 Å². The van der Waals surface area contributed by atoms with E-state index < -0.39 is 33.7 Å². The molecular formula is C20H15N3O6S. The van der Waals surface area contributed by atoms with Crippen molar-refractivity contribution in [2.24, 2.45) is 0 Å². The molecule has 5 rings (SSSR count). The van der Waals surface area contributed by atoms with Crippen molar-refractivity contribution in [3.63, 3.8) is 0 Å². The van der Waals surface area contributed by atoms with Gasteiger partial charge in [0.05, 0.1) is 16.7 Å². The van der Waals surface area contributed by atoms with Crippen molar-refractivity contribution >= 4 is 39.3 Å². The SMILES string of the molecule is CN1C(=O)c2ccc(NC(=O)c3ccc4c(c3)S(=O)(=O)N(C3CC3)C4=O)cc2C1=O.